The van der Waals surface area contributed by atoms with Gasteiger partial charge < -0.3 is 18.9 Å². The predicted molar refractivity (Wildman–Crippen MR) is 89.3 cm³/mol. The van der Waals surface area contributed by atoms with Crippen LogP contribution in [0.3, 0.4) is 0 Å². The summed E-state index contributed by atoms with van der Waals surface area (Å²) in [5.74, 6) is -0.477. The Labute approximate surface area is 146 Å². The fourth-order valence-corrected chi connectivity index (χ4v) is 2.88. The first-order valence-corrected chi connectivity index (χ1v) is 8.48. The Morgan fingerprint density at radius 2 is 1.96 bits per heavy atom. The molecule has 8 heteroatoms. The van der Waals surface area contributed by atoms with E-state index in [1.54, 1.807) is 22.7 Å². The van der Waals surface area contributed by atoms with Gasteiger partial charge in [-0.25, -0.2) is 14.6 Å². The zero-order valence-electron chi connectivity index (χ0n) is 14.5. The van der Waals surface area contributed by atoms with Crippen molar-refractivity contribution in [1.29, 1.82) is 0 Å². The number of aromatic nitrogens is 2. The van der Waals surface area contributed by atoms with Crippen LogP contribution in [0.4, 0.5) is 4.79 Å². The number of hydrogen-bond acceptors (Lipinski definition) is 5. The molecule has 0 bridgehead atoms. The molecule has 1 amide bonds. The van der Waals surface area contributed by atoms with Gasteiger partial charge in [-0.15, -0.1) is 0 Å². The number of rotatable bonds is 3. The summed E-state index contributed by atoms with van der Waals surface area (Å²) in [6.07, 6.45) is 2.63. The van der Waals surface area contributed by atoms with Gasteiger partial charge in [0.2, 0.25) is 0 Å². The first-order chi connectivity index (χ1) is 11.2. The Morgan fingerprint density at radius 1 is 1.33 bits per heavy atom. The van der Waals surface area contributed by atoms with Crippen LogP contribution < -0.4 is 0 Å². The molecule has 134 valence electrons. The number of imidazole rings is 1. The largest absolute Gasteiger partial charge is 0.461 e. The number of esters is 1. The van der Waals surface area contributed by atoms with E-state index in [0.717, 1.165) is 0 Å². The summed E-state index contributed by atoms with van der Waals surface area (Å²) in [4.78, 5) is 29.9. The molecule has 1 aromatic heterocycles. The van der Waals surface area contributed by atoms with E-state index in [-0.39, 0.29) is 29.6 Å². The Hall–Kier alpha value is -1.76. The molecule has 0 unspecified atom stereocenters. The molecule has 0 radical (unpaired) electrons. The molecule has 0 aliphatic carbocycles. The first-order valence-electron chi connectivity index (χ1n) is 8.10. The van der Waals surface area contributed by atoms with Gasteiger partial charge in [-0.2, -0.15) is 0 Å². The standard InChI is InChI=1S/C16H24ClN3O4/c1-5-23-14(21)12-13(17)18-10-20(12)11-6-8-19(9-7-11)15(22)24-16(2,3)4/h10-11H,5-9H2,1-4H3. The second-order valence-corrected chi connectivity index (χ2v) is 7.07. The van der Waals surface area contributed by atoms with Crippen molar-refractivity contribution in [3.05, 3.63) is 17.2 Å². The normalized spacial score (nSPS) is 16.1. The van der Waals surface area contributed by atoms with E-state index >= 15 is 0 Å². The second kappa shape index (κ2) is 7.42. The van der Waals surface area contributed by atoms with E-state index in [2.05, 4.69) is 4.98 Å². The molecule has 2 rings (SSSR count). The quantitative estimate of drug-likeness (QED) is 0.776. The number of carbonyl (C=O) groups is 2. The van der Waals surface area contributed by atoms with Crippen molar-refractivity contribution in [1.82, 2.24) is 14.5 Å². The van der Waals surface area contributed by atoms with Crippen LogP contribution in [0.15, 0.2) is 6.33 Å². The van der Waals surface area contributed by atoms with Gasteiger partial charge in [0.05, 0.1) is 12.9 Å². The molecule has 0 N–H and O–H groups in total. The Kier molecular flexibility index (Phi) is 5.74. The molecule has 0 atom stereocenters. The topological polar surface area (TPSA) is 73.7 Å². The van der Waals surface area contributed by atoms with Crippen molar-refractivity contribution in [2.75, 3.05) is 19.7 Å². The Morgan fingerprint density at radius 3 is 2.50 bits per heavy atom. The molecule has 7 nitrogen and oxygen atoms in total. The van der Waals surface area contributed by atoms with E-state index in [1.807, 2.05) is 20.8 Å². The van der Waals surface area contributed by atoms with Crippen LogP contribution in [-0.2, 0) is 9.47 Å². The maximum atomic E-state index is 12.1. The van der Waals surface area contributed by atoms with Crippen LogP contribution >= 0.6 is 11.6 Å². The van der Waals surface area contributed by atoms with Gasteiger partial charge in [-0.05, 0) is 40.5 Å². The Bertz CT molecular complexity index is 601. The number of carbonyl (C=O) groups excluding carboxylic acids is 2. The average Bonchev–Trinajstić information content (AvgIpc) is 2.88. The van der Waals surface area contributed by atoms with Crippen molar-refractivity contribution >= 4 is 23.7 Å². The van der Waals surface area contributed by atoms with Gasteiger partial charge in [-0.3, -0.25) is 0 Å². The average molecular weight is 358 g/mol. The number of piperidine rings is 1. The van der Waals surface area contributed by atoms with Crippen molar-refractivity contribution in [2.45, 2.75) is 52.2 Å². The van der Waals surface area contributed by atoms with Gasteiger partial charge >= 0.3 is 12.1 Å². The molecule has 24 heavy (non-hydrogen) atoms. The molecule has 0 aromatic carbocycles. The number of halogens is 1. The lowest BCUT2D eigenvalue weighted by atomic mass is 10.0. The molecule has 2 heterocycles. The van der Waals surface area contributed by atoms with Crippen LogP contribution in [-0.4, -0.2) is 51.8 Å². The monoisotopic (exact) mass is 357 g/mol. The van der Waals surface area contributed by atoms with Gasteiger partial charge in [-0.1, -0.05) is 11.6 Å². The minimum atomic E-state index is -0.511. The lowest BCUT2D eigenvalue weighted by Crippen LogP contribution is -2.42. The molecule has 0 spiro atoms. The highest BCUT2D eigenvalue weighted by molar-refractivity contribution is 6.32. The summed E-state index contributed by atoms with van der Waals surface area (Å²) in [5.41, 5.74) is -0.239. The van der Waals surface area contributed by atoms with E-state index in [1.165, 1.54) is 0 Å². The van der Waals surface area contributed by atoms with Gasteiger partial charge in [0.15, 0.2) is 10.8 Å². The van der Waals surface area contributed by atoms with Gasteiger partial charge in [0.25, 0.3) is 0 Å². The molecule has 1 fully saturated rings. The zero-order valence-corrected chi connectivity index (χ0v) is 15.3. The highest BCUT2D eigenvalue weighted by Crippen LogP contribution is 2.28. The highest BCUT2D eigenvalue weighted by atomic mass is 35.5. The number of hydrogen-bond donors (Lipinski definition) is 0. The predicted octanol–water partition coefficient (Wildman–Crippen LogP) is 3.29. The number of nitrogens with zero attached hydrogens (tertiary/aromatic N) is 3. The highest BCUT2D eigenvalue weighted by Gasteiger charge is 2.30. The van der Waals surface area contributed by atoms with Crippen molar-refractivity contribution in [2.24, 2.45) is 0 Å². The second-order valence-electron chi connectivity index (χ2n) is 6.71. The summed E-state index contributed by atoms with van der Waals surface area (Å²) >= 11 is 6.03. The molecular weight excluding hydrogens is 334 g/mol. The fraction of sp³-hybridized carbons (Fsp3) is 0.688. The van der Waals surface area contributed by atoms with Crippen LogP contribution in [0.5, 0.6) is 0 Å². The van der Waals surface area contributed by atoms with E-state index in [4.69, 9.17) is 21.1 Å². The van der Waals surface area contributed by atoms with Gasteiger partial charge in [0.1, 0.15) is 5.60 Å². The van der Waals surface area contributed by atoms with E-state index in [0.29, 0.717) is 25.9 Å². The van der Waals surface area contributed by atoms with Crippen LogP contribution in [0.25, 0.3) is 0 Å². The molecule has 1 aliphatic heterocycles. The molecular formula is C16H24ClN3O4. The van der Waals surface area contributed by atoms with Crippen LogP contribution in [0.1, 0.15) is 57.1 Å². The third-order valence-electron chi connectivity index (χ3n) is 3.73. The summed E-state index contributed by atoms with van der Waals surface area (Å²) < 4.78 is 12.2. The maximum absolute atomic E-state index is 12.1. The van der Waals surface area contributed by atoms with Crippen molar-refractivity contribution in [3.8, 4) is 0 Å². The third-order valence-corrected chi connectivity index (χ3v) is 4.00. The number of likely N-dealkylation sites (tertiary alicyclic amines) is 1. The number of amides is 1. The van der Waals surface area contributed by atoms with E-state index in [9.17, 15) is 9.59 Å². The van der Waals surface area contributed by atoms with Crippen LogP contribution in [0.2, 0.25) is 5.15 Å². The smallest absolute Gasteiger partial charge is 0.410 e. The number of ether oxygens (including phenoxy) is 2. The van der Waals surface area contributed by atoms with Crippen LogP contribution in [0, 0.1) is 0 Å². The summed E-state index contributed by atoms with van der Waals surface area (Å²) in [7, 11) is 0. The van der Waals surface area contributed by atoms with Crippen molar-refractivity contribution in [3.63, 3.8) is 0 Å². The first kappa shape index (κ1) is 18.6. The molecule has 0 saturated carbocycles. The molecule has 1 saturated heterocycles. The molecule has 1 aromatic rings. The molecule has 1 aliphatic rings. The SMILES string of the molecule is CCOC(=O)c1c(Cl)ncn1C1CCN(C(=O)OC(C)(C)C)CC1. The maximum Gasteiger partial charge on any atom is 0.410 e. The minimum absolute atomic E-state index is 0.0445. The lowest BCUT2D eigenvalue weighted by Gasteiger charge is -2.34. The zero-order chi connectivity index (χ0) is 17.9. The summed E-state index contributed by atoms with van der Waals surface area (Å²) in [5, 5.41) is 0.142. The lowest BCUT2D eigenvalue weighted by molar-refractivity contribution is 0.0184. The summed E-state index contributed by atoms with van der Waals surface area (Å²) in [6.45, 7) is 8.66. The van der Waals surface area contributed by atoms with Crippen molar-refractivity contribution < 1.29 is 19.1 Å². The van der Waals surface area contributed by atoms with E-state index < -0.39 is 11.6 Å². The summed E-state index contributed by atoms with van der Waals surface area (Å²) in [6, 6.07) is 0.0445. The Balaban J connectivity index is 2.03. The fourth-order valence-electron chi connectivity index (χ4n) is 2.66. The minimum Gasteiger partial charge on any atom is -0.461 e. The van der Waals surface area contributed by atoms with Gasteiger partial charge in [0, 0.05) is 19.1 Å². The third kappa shape index (κ3) is 4.41.